The maximum Gasteiger partial charge on any atom is 0.0888 e. The SMILES string of the molecule is OCC1CN=Nc2ccccc21. The van der Waals surface area contributed by atoms with Crippen LogP contribution in [-0.4, -0.2) is 18.3 Å². The van der Waals surface area contributed by atoms with E-state index in [1.165, 1.54) is 0 Å². The number of rotatable bonds is 1. The average Bonchev–Trinajstić information content (AvgIpc) is 2.17. The summed E-state index contributed by atoms with van der Waals surface area (Å²) in [7, 11) is 0. The zero-order valence-electron chi connectivity index (χ0n) is 6.64. The lowest BCUT2D eigenvalue weighted by molar-refractivity contribution is 0.265. The Morgan fingerprint density at radius 1 is 1.42 bits per heavy atom. The van der Waals surface area contributed by atoms with Gasteiger partial charge in [0, 0.05) is 5.92 Å². The summed E-state index contributed by atoms with van der Waals surface area (Å²) in [6, 6.07) is 7.80. The summed E-state index contributed by atoms with van der Waals surface area (Å²) in [5, 5.41) is 17.0. The Morgan fingerprint density at radius 2 is 2.25 bits per heavy atom. The van der Waals surface area contributed by atoms with Gasteiger partial charge in [-0.25, -0.2) is 0 Å². The normalized spacial score (nSPS) is 20.6. The van der Waals surface area contributed by atoms with Gasteiger partial charge in [0.15, 0.2) is 0 Å². The number of benzene rings is 1. The third kappa shape index (κ3) is 1.12. The first-order chi connectivity index (χ1) is 5.92. The number of aliphatic hydroxyl groups is 1. The number of fused-ring (bicyclic) bond motifs is 1. The van der Waals surface area contributed by atoms with Crippen molar-refractivity contribution < 1.29 is 5.11 Å². The molecular weight excluding hydrogens is 152 g/mol. The Morgan fingerprint density at radius 3 is 3.08 bits per heavy atom. The zero-order chi connectivity index (χ0) is 8.39. The molecule has 1 aromatic carbocycles. The van der Waals surface area contributed by atoms with Gasteiger partial charge in [0.25, 0.3) is 0 Å². The first-order valence-corrected chi connectivity index (χ1v) is 3.99. The Labute approximate surface area is 70.8 Å². The molecule has 3 heteroatoms. The van der Waals surface area contributed by atoms with Crippen LogP contribution in [0.5, 0.6) is 0 Å². The van der Waals surface area contributed by atoms with E-state index in [0.29, 0.717) is 6.54 Å². The summed E-state index contributed by atoms with van der Waals surface area (Å²) in [5.41, 5.74) is 2.00. The van der Waals surface area contributed by atoms with Gasteiger partial charge in [0.2, 0.25) is 0 Å². The Balaban J connectivity index is 2.45. The van der Waals surface area contributed by atoms with Crippen molar-refractivity contribution in [3.8, 4) is 0 Å². The molecule has 1 heterocycles. The van der Waals surface area contributed by atoms with Gasteiger partial charge in [-0.3, -0.25) is 0 Å². The van der Waals surface area contributed by atoms with Crippen LogP contribution in [0.4, 0.5) is 5.69 Å². The van der Waals surface area contributed by atoms with E-state index in [1.54, 1.807) is 0 Å². The predicted molar refractivity (Wildman–Crippen MR) is 45.7 cm³/mol. The predicted octanol–water partition coefficient (Wildman–Crippen LogP) is 1.86. The van der Waals surface area contributed by atoms with Gasteiger partial charge in [-0.2, -0.15) is 10.2 Å². The fourth-order valence-corrected chi connectivity index (χ4v) is 1.39. The van der Waals surface area contributed by atoms with Crippen LogP contribution in [-0.2, 0) is 0 Å². The first kappa shape index (κ1) is 7.43. The van der Waals surface area contributed by atoms with Crippen molar-refractivity contribution in [3.63, 3.8) is 0 Å². The fraction of sp³-hybridized carbons (Fsp3) is 0.333. The number of hydrogen-bond acceptors (Lipinski definition) is 3. The molecule has 0 fully saturated rings. The highest BCUT2D eigenvalue weighted by Gasteiger charge is 2.16. The van der Waals surface area contributed by atoms with Crippen molar-refractivity contribution in [1.29, 1.82) is 0 Å². The molecule has 1 unspecified atom stereocenters. The minimum absolute atomic E-state index is 0.138. The minimum atomic E-state index is 0.138. The quantitative estimate of drug-likeness (QED) is 0.673. The fourth-order valence-electron chi connectivity index (χ4n) is 1.39. The molecular formula is C9H10N2O. The second-order valence-corrected chi connectivity index (χ2v) is 2.86. The maximum atomic E-state index is 9.04. The summed E-state index contributed by atoms with van der Waals surface area (Å²) < 4.78 is 0. The van der Waals surface area contributed by atoms with E-state index < -0.39 is 0 Å². The molecule has 1 aromatic rings. The van der Waals surface area contributed by atoms with Gasteiger partial charge < -0.3 is 5.11 Å². The van der Waals surface area contributed by atoms with Crippen LogP contribution >= 0.6 is 0 Å². The van der Waals surface area contributed by atoms with Gasteiger partial charge in [0.1, 0.15) is 0 Å². The molecule has 0 saturated carbocycles. The van der Waals surface area contributed by atoms with Crippen molar-refractivity contribution in [1.82, 2.24) is 0 Å². The molecule has 1 atom stereocenters. The number of nitrogens with zero attached hydrogens (tertiary/aromatic N) is 2. The molecule has 1 N–H and O–H groups in total. The first-order valence-electron chi connectivity index (χ1n) is 3.99. The van der Waals surface area contributed by atoms with Crippen LogP contribution in [0.2, 0.25) is 0 Å². The van der Waals surface area contributed by atoms with Crippen molar-refractivity contribution in [2.45, 2.75) is 5.92 Å². The van der Waals surface area contributed by atoms with Crippen molar-refractivity contribution in [3.05, 3.63) is 29.8 Å². The Kier molecular flexibility index (Phi) is 1.87. The van der Waals surface area contributed by atoms with Gasteiger partial charge >= 0.3 is 0 Å². The van der Waals surface area contributed by atoms with E-state index in [9.17, 15) is 0 Å². The van der Waals surface area contributed by atoms with Gasteiger partial charge in [0.05, 0.1) is 18.8 Å². The van der Waals surface area contributed by atoms with Crippen LogP contribution < -0.4 is 0 Å². The van der Waals surface area contributed by atoms with E-state index in [1.807, 2.05) is 24.3 Å². The summed E-state index contributed by atoms with van der Waals surface area (Å²) >= 11 is 0. The average molecular weight is 162 g/mol. The molecule has 0 aliphatic carbocycles. The van der Waals surface area contributed by atoms with Crippen LogP contribution in [0, 0.1) is 0 Å². The Bertz CT molecular complexity index is 309. The molecule has 3 nitrogen and oxygen atoms in total. The largest absolute Gasteiger partial charge is 0.396 e. The molecule has 1 aliphatic rings. The molecule has 0 aromatic heterocycles. The summed E-state index contributed by atoms with van der Waals surface area (Å²) in [4.78, 5) is 0. The van der Waals surface area contributed by atoms with Crippen LogP contribution in [0.25, 0.3) is 0 Å². The molecule has 2 rings (SSSR count). The van der Waals surface area contributed by atoms with E-state index in [-0.39, 0.29) is 12.5 Å². The molecule has 62 valence electrons. The lowest BCUT2D eigenvalue weighted by atomic mass is 9.97. The highest BCUT2D eigenvalue weighted by Crippen LogP contribution is 2.30. The Hall–Kier alpha value is -1.22. The van der Waals surface area contributed by atoms with E-state index in [0.717, 1.165) is 11.3 Å². The van der Waals surface area contributed by atoms with Crippen molar-refractivity contribution in [2.75, 3.05) is 13.2 Å². The molecule has 12 heavy (non-hydrogen) atoms. The number of hydrogen-bond donors (Lipinski definition) is 1. The summed E-state index contributed by atoms with van der Waals surface area (Å²) in [6.45, 7) is 0.754. The van der Waals surface area contributed by atoms with E-state index >= 15 is 0 Å². The van der Waals surface area contributed by atoms with Gasteiger partial charge in [-0.15, -0.1) is 0 Å². The third-order valence-corrected chi connectivity index (χ3v) is 2.08. The topological polar surface area (TPSA) is 45.0 Å². The van der Waals surface area contributed by atoms with Gasteiger partial charge in [-0.1, -0.05) is 18.2 Å². The highest BCUT2D eigenvalue weighted by molar-refractivity contribution is 5.48. The number of aliphatic hydroxyl groups excluding tert-OH is 1. The smallest absolute Gasteiger partial charge is 0.0888 e. The van der Waals surface area contributed by atoms with E-state index in [2.05, 4.69) is 10.2 Å². The summed E-state index contributed by atoms with van der Waals surface area (Å²) in [5.74, 6) is 0.138. The molecule has 0 bridgehead atoms. The second kappa shape index (κ2) is 3.03. The standard InChI is InChI=1S/C9H10N2O/c12-6-7-5-10-11-9-4-2-1-3-8(7)9/h1-4,7,12H,5-6H2. The van der Waals surface area contributed by atoms with Crippen LogP contribution in [0.1, 0.15) is 11.5 Å². The molecule has 0 amide bonds. The minimum Gasteiger partial charge on any atom is -0.396 e. The molecule has 0 radical (unpaired) electrons. The highest BCUT2D eigenvalue weighted by atomic mass is 16.3. The summed E-state index contributed by atoms with van der Waals surface area (Å²) in [6.07, 6.45) is 0. The molecule has 0 spiro atoms. The maximum absolute atomic E-state index is 9.04. The van der Waals surface area contributed by atoms with Crippen molar-refractivity contribution >= 4 is 5.69 Å². The van der Waals surface area contributed by atoms with E-state index in [4.69, 9.17) is 5.11 Å². The lowest BCUT2D eigenvalue weighted by Crippen LogP contribution is -2.10. The van der Waals surface area contributed by atoms with Crippen LogP contribution in [0.3, 0.4) is 0 Å². The number of azo groups is 1. The molecule has 0 saturated heterocycles. The van der Waals surface area contributed by atoms with Crippen molar-refractivity contribution in [2.24, 2.45) is 10.2 Å². The molecule has 1 aliphatic heterocycles. The monoisotopic (exact) mass is 162 g/mol. The van der Waals surface area contributed by atoms with Gasteiger partial charge in [-0.05, 0) is 11.6 Å². The second-order valence-electron chi connectivity index (χ2n) is 2.86. The third-order valence-electron chi connectivity index (χ3n) is 2.08. The van der Waals surface area contributed by atoms with Crippen LogP contribution in [0.15, 0.2) is 34.5 Å². The lowest BCUT2D eigenvalue weighted by Gasteiger charge is -2.16. The zero-order valence-corrected chi connectivity index (χ0v) is 6.64.